The van der Waals surface area contributed by atoms with E-state index in [2.05, 4.69) is 20.2 Å². The summed E-state index contributed by atoms with van der Waals surface area (Å²) < 4.78 is 14.6. The Morgan fingerprint density at radius 3 is 2.56 bits per heavy atom. The molecule has 3 aromatic rings. The average molecular weight is 381 g/mol. The van der Waals surface area contributed by atoms with Gasteiger partial charge in [-0.2, -0.15) is 5.10 Å². The Kier molecular flexibility index (Phi) is 4.62. The van der Waals surface area contributed by atoms with E-state index in [1.807, 2.05) is 6.92 Å². The van der Waals surface area contributed by atoms with Gasteiger partial charge < -0.3 is 5.11 Å². The van der Waals surface area contributed by atoms with Gasteiger partial charge in [0.15, 0.2) is 5.82 Å². The summed E-state index contributed by atoms with van der Waals surface area (Å²) in [5.74, 6) is -0.553. The molecular weight excluding hydrogens is 366 g/mol. The summed E-state index contributed by atoms with van der Waals surface area (Å²) in [6.07, 6.45) is 1.91. The van der Waals surface area contributed by atoms with E-state index in [0.717, 1.165) is 5.56 Å². The largest absolute Gasteiger partial charge is 0.384 e. The molecule has 0 saturated heterocycles. The Morgan fingerprint density at radius 1 is 1.20 bits per heavy atom. The molecule has 0 aliphatic heterocycles. The van der Waals surface area contributed by atoms with Crippen molar-refractivity contribution in [2.24, 2.45) is 0 Å². The van der Waals surface area contributed by atoms with Crippen molar-refractivity contribution in [3.8, 4) is 11.3 Å². The third-order valence-electron chi connectivity index (χ3n) is 3.85. The summed E-state index contributed by atoms with van der Waals surface area (Å²) in [6.45, 7) is 5.14. The van der Waals surface area contributed by atoms with Crippen molar-refractivity contribution in [2.45, 2.75) is 32.8 Å². The number of hydrogen-bond acceptors (Lipinski definition) is 5. The van der Waals surface area contributed by atoms with E-state index in [-0.39, 0.29) is 15.8 Å². The van der Waals surface area contributed by atoms with Crippen LogP contribution in [0.3, 0.4) is 0 Å². The molecule has 0 fully saturated rings. The monoisotopic (exact) mass is 380 g/mol. The first-order valence-corrected chi connectivity index (χ1v) is 8.38. The fourth-order valence-corrected chi connectivity index (χ4v) is 3.09. The molecule has 0 aliphatic rings. The number of aryl methyl sites for hydroxylation is 1. The van der Waals surface area contributed by atoms with Crippen molar-refractivity contribution >= 4 is 34.1 Å². The van der Waals surface area contributed by atoms with Crippen LogP contribution in [0.4, 0.5) is 4.39 Å². The molecule has 0 bridgehead atoms. The van der Waals surface area contributed by atoms with Gasteiger partial charge in [-0.05, 0) is 49.6 Å². The van der Waals surface area contributed by atoms with E-state index in [0.29, 0.717) is 28.8 Å². The summed E-state index contributed by atoms with van der Waals surface area (Å²) >= 11 is 12.0. The van der Waals surface area contributed by atoms with Crippen molar-refractivity contribution in [3.63, 3.8) is 0 Å². The molecule has 5 nitrogen and oxygen atoms in total. The summed E-state index contributed by atoms with van der Waals surface area (Å²) in [5, 5.41) is 19.1. The van der Waals surface area contributed by atoms with Crippen LogP contribution in [0.25, 0.3) is 22.2 Å². The van der Waals surface area contributed by atoms with E-state index in [1.54, 1.807) is 19.9 Å². The third-order valence-corrected chi connectivity index (χ3v) is 4.30. The second-order valence-electron chi connectivity index (χ2n) is 6.13. The predicted molar refractivity (Wildman–Crippen MR) is 95.2 cm³/mol. The number of nitrogens with zero attached hydrogens (tertiary/aromatic N) is 4. The Morgan fingerprint density at radius 2 is 1.92 bits per heavy atom. The van der Waals surface area contributed by atoms with E-state index >= 15 is 0 Å². The summed E-state index contributed by atoms with van der Waals surface area (Å²) in [6, 6.07) is 3.01. The van der Waals surface area contributed by atoms with Gasteiger partial charge in [0, 0.05) is 10.9 Å². The highest BCUT2D eigenvalue weighted by Crippen LogP contribution is 2.33. The fourth-order valence-electron chi connectivity index (χ4n) is 2.75. The van der Waals surface area contributed by atoms with E-state index < -0.39 is 11.4 Å². The van der Waals surface area contributed by atoms with Crippen LogP contribution in [0.5, 0.6) is 0 Å². The molecule has 25 heavy (non-hydrogen) atoms. The second-order valence-corrected chi connectivity index (χ2v) is 6.87. The van der Waals surface area contributed by atoms with Gasteiger partial charge >= 0.3 is 0 Å². The molecule has 1 N–H and O–H groups in total. The van der Waals surface area contributed by atoms with Crippen LogP contribution in [0.1, 0.15) is 32.0 Å². The van der Waals surface area contributed by atoms with Crippen molar-refractivity contribution in [1.82, 2.24) is 20.2 Å². The predicted octanol–water partition coefficient (Wildman–Crippen LogP) is 4.32. The topological polar surface area (TPSA) is 71.8 Å². The zero-order valence-electron chi connectivity index (χ0n) is 13.8. The van der Waals surface area contributed by atoms with Crippen molar-refractivity contribution < 1.29 is 9.50 Å². The van der Waals surface area contributed by atoms with Gasteiger partial charge in [0.25, 0.3) is 0 Å². The molecule has 130 valence electrons. The number of benzene rings is 1. The highest BCUT2D eigenvalue weighted by Gasteiger charge is 2.25. The lowest BCUT2D eigenvalue weighted by molar-refractivity contribution is 0.0721. The molecule has 8 heteroatoms. The average Bonchev–Trinajstić information content (AvgIpc) is 2.55. The van der Waals surface area contributed by atoms with Gasteiger partial charge in [0.2, 0.25) is 5.28 Å². The van der Waals surface area contributed by atoms with Crippen LogP contribution in [-0.4, -0.2) is 25.3 Å². The Bertz CT molecular complexity index is 973. The molecule has 0 unspecified atom stereocenters. The minimum atomic E-state index is -1.20. The molecule has 1 aromatic carbocycles. The first-order valence-electron chi connectivity index (χ1n) is 7.62. The normalized spacial score (nSPS) is 12.0. The number of aliphatic hydroxyl groups is 1. The van der Waals surface area contributed by atoms with Crippen LogP contribution in [-0.2, 0) is 12.0 Å². The molecular formula is C17H15Cl2FN4O. The molecule has 0 atom stereocenters. The fraction of sp³-hybridized carbons (Fsp3) is 0.294. The number of aromatic nitrogens is 4. The summed E-state index contributed by atoms with van der Waals surface area (Å²) in [5.41, 5.74) is 0.828. The van der Waals surface area contributed by atoms with E-state index in [1.165, 1.54) is 12.3 Å². The molecule has 0 radical (unpaired) electrons. The van der Waals surface area contributed by atoms with Crippen LogP contribution >= 0.6 is 23.2 Å². The molecule has 0 spiro atoms. The Balaban J connectivity index is 2.36. The maximum atomic E-state index is 14.6. The second kappa shape index (κ2) is 6.44. The molecule has 0 aliphatic carbocycles. The highest BCUT2D eigenvalue weighted by molar-refractivity contribution is 6.33. The molecule has 2 heterocycles. The highest BCUT2D eigenvalue weighted by atomic mass is 35.5. The lowest BCUT2D eigenvalue weighted by Crippen LogP contribution is -2.21. The number of fused-ring (bicyclic) bond motifs is 1. The van der Waals surface area contributed by atoms with Crippen molar-refractivity contribution in [2.75, 3.05) is 0 Å². The minimum absolute atomic E-state index is 0.0145. The smallest absolute Gasteiger partial charge is 0.222 e. The maximum absolute atomic E-state index is 14.6. The molecule has 0 saturated carbocycles. The minimum Gasteiger partial charge on any atom is -0.384 e. The van der Waals surface area contributed by atoms with Crippen LogP contribution in [0.15, 0.2) is 18.3 Å². The van der Waals surface area contributed by atoms with E-state index in [4.69, 9.17) is 23.2 Å². The van der Waals surface area contributed by atoms with Crippen LogP contribution < -0.4 is 0 Å². The Hall–Kier alpha value is -1.89. The number of rotatable bonds is 3. The van der Waals surface area contributed by atoms with Gasteiger partial charge in [0.1, 0.15) is 11.1 Å². The lowest BCUT2D eigenvalue weighted by atomic mass is 9.94. The lowest BCUT2D eigenvalue weighted by Gasteiger charge is -2.20. The van der Waals surface area contributed by atoms with Gasteiger partial charge in [-0.15, -0.1) is 5.10 Å². The molecule has 3 rings (SSSR count). The van der Waals surface area contributed by atoms with Gasteiger partial charge in [-0.1, -0.05) is 18.5 Å². The number of hydrogen-bond donors (Lipinski definition) is 1. The zero-order valence-corrected chi connectivity index (χ0v) is 15.3. The standard InChI is InChI=1S/C17H15Cl2FN4O/c1-4-9-10-5-8(13-11(18)7-21-16(19)22-13)6-12(20)14(10)23-24-15(9)17(2,3)25/h5-7,25H,4H2,1-3H3. The summed E-state index contributed by atoms with van der Waals surface area (Å²) in [7, 11) is 0. The van der Waals surface area contributed by atoms with Gasteiger partial charge in [0.05, 0.1) is 22.6 Å². The van der Waals surface area contributed by atoms with Gasteiger partial charge in [-0.25, -0.2) is 14.4 Å². The first-order chi connectivity index (χ1) is 11.7. The summed E-state index contributed by atoms with van der Waals surface area (Å²) in [4.78, 5) is 7.89. The Labute approximate surface area is 153 Å². The number of halogens is 3. The van der Waals surface area contributed by atoms with Crippen LogP contribution in [0.2, 0.25) is 10.3 Å². The maximum Gasteiger partial charge on any atom is 0.222 e. The van der Waals surface area contributed by atoms with Crippen molar-refractivity contribution in [3.05, 3.63) is 45.7 Å². The van der Waals surface area contributed by atoms with E-state index in [9.17, 15) is 9.50 Å². The molecule has 2 aromatic heterocycles. The SMILES string of the molecule is CCc1c(C(C)(C)O)nnc2c(F)cc(-c3nc(Cl)ncc3Cl)cc12. The third kappa shape index (κ3) is 3.29. The van der Waals surface area contributed by atoms with Crippen LogP contribution in [0, 0.1) is 5.82 Å². The zero-order chi connectivity index (χ0) is 18.4. The van der Waals surface area contributed by atoms with Gasteiger partial charge in [-0.3, -0.25) is 0 Å². The molecule has 0 amide bonds. The van der Waals surface area contributed by atoms with Crippen molar-refractivity contribution in [1.29, 1.82) is 0 Å². The quantitative estimate of drug-likeness (QED) is 0.684. The first kappa shape index (κ1) is 17.9.